The molecular weight excluding hydrogens is 188 g/mol. The Morgan fingerprint density at radius 1 is 1.67 bits per heavy atom. The van der Waals surface area contributed by atoms with Crippen LogP contribution in [0.3, 0.4) is 0 Å². The SMILES string of the molecule is C/C=C/CSc1sc(N)nc1C. The van der Waals surface area contributed by atoms with Crippen molar-refractivity contribution in [1.82, 2.24) is 4.98 Å². The Kier molecular flexibility index (Phi) is 3.62. The fraction of sp³-hybridized carbons (Fsp3) is 0.375. The molecule has 1 heterocycles. The van der Waals surface area contributed by atoms with E-state index in [1.807, 2.05) is 19.9 Å². The van der Waals surface area contributed by atoms with Crippen molar-refractivity contribution in [2.24, 2.45) is 0 Å². The van der Waals surface area contributed by atoms with Crippen molar-refractivity contribution in [3.63, 3.8) is 0 Å². The van der Waals surface area contributed by atoms with Crippen LogP contribution < -0.4 is 5.73 Å². The summed E-state index contributed by atoms with van der Waals surface area (Å²) >= 11 is 3.34. The number of nitrogen functional groups attached to an aromatic ring is 1. The van der Waals surface area contributed by atoms with Crippen LogP contribution >= 0.6 is 23.1 Å². The zero-order valence-corrected chi connectivity index (χ0v) is 8.84. The monoisotopic (exact) mass is 200 g/mol. The quantitative estimate of drug-likeness (QED) is 0.602. The predicted octanol–water partition coefficient (Wildman–Crippen LogP) is 2.70. The van der Waals surface area contributed by atoms with Crippen molar-refractivity contribution in [3.05, 3.63) is 17.8 Å². The number of thioether (sulfide) groups is 1. The average molecular weight is 200 g/mol. The Labute approximate surface area is 80.9 Å². The molecule has 0 radical (unpaired) electrons. The third kappa shape index (κ3) is 2.53. The Balaban J connectivity index is 2.56. The second kappa shape index (κ2) is 4.52. The van der Waals surface area contributed by atoms with E-state index in [4.69, 9.17) is 5.73 Å². The van der Waals surface area contributed by atoms with Gasteiger partial charge in [-0.1, -0.05) is 23.5 Å². The van der Waals surface area contributed by atoms with Gasteiger partial charge < -0.3 is 5.73 Å². The van der Waals surface area contributed by atoms with Gasteiger partial charge in [-0.25, -0.2) is 4.98 Å². The topological polar surface area (TPSA) is 38.9 Å². The normalized spacial score (nSPS) is 11.2. The largest absolute Gasteiger partial charge is 0.375 e. The molecule has 0 amide bonds. The molecule has 2 N–H and O–H groups in total. The first-order valence-electron chi connectivity index (χ1n) is 3.71. The van der Waals surface area contributed by atoms with Crippen LogP contribution in [0.4, 0.5) is 5.13 Å². The molecule has 0 saturated carbocycles. The first-order chi connectivity index (χ1) is 5.74. The number of nitrogens with zero attached hydrogens (tertiary/aromatic N) is 1. The molecule has 1 aromatic heterocycles. The minimum atomic E-state index is 0.662. The van der Waals surface area contributed by atoms with Crippen LogP contribution in [0.2, 0.25) is 0 Å². The zero-order chi connectivity index (χ0) is 8.97. The summed E-state index contributed by atoms with van der Waals surface area (Å²) in [6, 6.07) is 0. The number of allylic oxidation sites excluding steroid dienone is 1. The summed E-state index contributed by atoms with van der Waals surface area (Å²) in [6.07, 6.45) is 4.17. The molecule has 1 rings (SSSR count). The van der Waals surface area contributed by atoms with Gasteiger partial charge in [-0.15, -0.1) is 11.8 Å². The van der Waals surface area contributed by atoms with Crippen LogP contribution in [0.5, 0.6) is 0 Å². The van der Waals surface area contributed by atoms with E-state index in [-0.39, 0.29) is 0 Å². The van der Waals surface area contributed by atoms with Gasteiger partial charge in [0.1, 0.15) is 0 Å². The molecule has 0 aliphatic heterocycles. The maximum atomic E-state index is 5.56. The van der Waals surface area contributed by atoms with Crippen LogP contribution in [-0.4, -0.2) is 10.7 Å². The van der Waals surface area contributed by atoms with E-state index in [2.05, 4.69) is 11.1 Å². The van der Waals surface area contributed by atoms with Crippen molar-refractivity contribution in [2.45, 2.75) is 18.1 Å². The summed E-state index contributed by atoms with van der Waals surface area (Å²) in [5, 5.41) is 0.662. The van der Waals surface area contributed by atoms with Crippen LogP contribution in [0.1, 0.15) is 12.6 Å². The van der Waals surface area contributed by atoms with E-state index in [0.717, 1.165) is 11.4 Å². The number of rotatable bonds is 3. The summed E-state index contributed by atoms with van der Waals surface area (Å²) in [6.45, 7) is 4.01. The van der Waals surface area contributed by atoms with E-state index in [9.17, 15) is 0 Å². The van der Waals surface area contributed by atoms with Crippen molar-refractivity contribution >= 4 is 28.2 Å². The third-order valence-corrected chi connectivity index (χ3v) is 3.62. The predicted molar refractivity (Wildman–Crippen MR) is 56.8 cm³/mol. The molecule has 0 spiro atoms. The lowest BCUT2D eigenvalue weighted by atomic mass is 10.6. The maximum absolute atomic E-state index is 5.56. The molecule has 0 saturated heterocycles. The van der Waals surface area contributed by atoms with Crippen molar-refractivity contribution < 1.29 is 0 Å². The molecule has 0 aliphatic carbocycles. The van der Waals surface area contributed by atoms with Crippen molar-refractivity contribution in [3.8, 4) is 0 Å². The smallest absolute Gasteiger partial charge is 0.181 e. The highest BCUT2D eigenvalue weighted by Gasteiger charge is 2.03. The second-order valence-corrected chi connectivity index (χ2v) is 4.62. The fourth-order valence-corrected chi connectivity index (χ4v) is 2.71. The summed E-state index contributed by atoms with van der Waals surface area (Å²) in [4.78, 5) is 4.14. The Bertz CT molecular complexity index is 279. The summed E-state index contributed by atoms with van der Waals surface area (Å²) < 4.78 is 1.23. The molecule has 0 unspecified atom stereocenters. The molecule has 0 aromatic carbocycles. The summed E-state index contributed by atoms with van der Waals surface area (Å²) in [5.41, 5.74) is 6.61. The van der Waals surface area contributed by atoms with E-state index in [1.165, 1.54) is 4.21 Å². The number of thiazole rings is 1. The van der Waals surface area contributed by atoms with Crippen LogP contribution in [0, 0.1) is 6.92 Å². The summed E-state index contributed by atoms with van der Waals surface area (Å²) in [7, 11) is 0. The number of nitrogens with two attached hydrogens (primary N) is 1. The first-order valence-corrected chi connectivity index (χ1v) is 5.51. The number of aryl methyl sites for hydroxylation is 1. The zero-order valence-electron chi connectivity index (χ0n) is 7.20. The highest BCUT2D eigenvalue weighted by molar-refractivity contribution is 8.01. The lowest BCUT2D eigenvalue weighted by molar-refractivity contribution is 1.21. The lowest BCUT2D eigenvalue weighted by Gasteiger charge is -1.91. The minimum Gasteiger partial charge on any atom is -0.375 e. The highest BCUT2D eigenvalue weighted by atomic mass is 32.2. The van der Waals surface area contributed by atoms with Gasteiger partial charge >= 0.3 is 0 Å². The van der Waals surface area contributed by atoms with Crippen LogP contribution in [0.25, 0.3) is 0 Å². The minimum absolute atomic E-state index is 0.662. The first kappa shape index (κ1) is 9.61. The number of hydrogen-bond acceptors (Lipinski definition) is 4. The number of aromatic nitrogens is 1. The molecule has 0 fully saturated rings. The number of anilines is 1. The third-order valence-electron chi connectivity index (χ3n) is 1.32. The second-order valence-electron chi connectivity index (χ2n) is 2.31. The molecule has 0 bridgehead atoms. The molecule has 12 heavy (non-hydrogen) atoms. The van der Waals surface area contributed by atoms with Gasteiger partial charge in [0.15, 0.2) is 5.13 Å². The van der Waals surface area contributed by atoms with Gasteiger partial charge in [0.2, 0.25) is 0 Å². The van der Waals surface area contributed by atoms with Gasteiger partial charge in [-0.2, -0.15) is 0 Å². The van der Waals surface area contributed by atoms with Gasteiger partial charge in [0.25, 0.3) is 0 Å². The molecule has 66 valence electrons. The average Bonchev–Trinajstić information content (AvgIpc) is 2.31. The molecule has 1 aromatic rings. The molecule has 4 heteroatoms. The van der Waals surface area contributed by atoms with Gasteiger partial charge in [0, 0.05) is 5.75 Å². The van der Waals surface area contributed by atoms with Crippen molar-refractivity contribution in [1.29, 1.82) is 0 Å². The molecule has 0 atom stereocenters. The highest BCUT2D eigenvalue weighted by Crippen LogP contribution is 2.30. The van der Waals surface area contributed by atoms with E-state index < -0.39 is 0 Å². The van der Waals surface area contributed by atoms with Crippen LogP contribution in [0.15, 0.2) is 16.4 Å². The lowest BCUT2D eigenvalue weighted by Crippen LogP contribution is -1.80. The van der Waals surface area contributed by atoms with Crippen LogP contribution in [-0.2, 0) is 0 Å². The Morgan fingerprint density at radius 3 is 2.92 bits per heavy atom. The summed E-state index contributed by atoms with van der Waals surface area (Å²) in [5.74, 6) is 0.999. The number of hydrogen-bond donors (Lipinski definition) is 1. The Hall–Kier alpha value is -0.480. The van der Waals surface area contributed by atoms with Gasteiger partial charge in [-0.05, 0) is 13.8 Å². The molecule has 2 nitrogen and oxygen atoms in total. The maximum Gasteiger partial charge on any atom is 0.181 e. The molecule has 0 aliphatic rings. The van der Waals surface area contributed by atoms with Gasteiger partial charge in [0.05, 0.1) is 9.90 Å². The van der Waals surface area contributed by atoms with Gasteiger partial charge in [-0.3, -0.25) is 0 Å². The fourth-order valence-electron chi connectivity index (χ4n) is 0.757. The Morgan fingerprint density at radius 2 is 2.42 bits per heavy atom. The standard InChI is InChI=1S/C8H12N2S2/c1-3-4-5-11-7-6(2)10-8(9)12-7/h3-4H,5H2,1-2H3,(H2,9,10)/b4-3+. The van der Waals surface area contributed by atoms with E-state index in [0.29, 0.717) is 5.13 Å². The van der Waals surface area contributed by atoms with E-state index in [1.54, 1.807) is 23.1 Å². The molecular formula is C8H12N2S2. The van der Waals surface area contributed by atoms with Crippen molar-refractivity contribution in [2.75, 3.05) is 11.5 Å². The van der Waals surface area contributed by atoms with E-state index >= 15 is 0 Å².